The first-order chi connectivity index (χ1) is 7.41. The van der Waals surface area contributed by atoms with Gasteiger partial charge in [-0.15, -0.1) is 0 Å². The number of carboxylic acids is 2. The maximum absolute atomic E-state index is 10.6. The Morgan fingerprint density at radius 1 is 1.19 bits per heavy atom. The number of aliphatic hydroxyl groups excluding tert-OH is 2. The topological polar surface area (TPSA) is 124 Å². The molecule has 0 spiro atoms. The van der Waals surface area contributed by atoms with E-state index in [0.29, 0.717) is 0 Å². The highest BCUT2D eigenvalue weighted by Crippen LogP contribution is 2.21. The van der Waals surface area contributed by atoms with Crippen LogP contribution in [0.5, 0.6) is 0 Å². The second-order valence-corrected chi connectivity index (χ2v) is 3.79. The van der Waals surface area contributed by atoms with E-state index in [-0.39, 0.29) is 19.4 Å². The van der Waals surface area contributed by atoms with Gasteiger partial charge < -0.3 is 25.2 Å². The van der Waals surface area contributed by atoms with E-state index in [1.807, 2.05) is 0 Å². The third kappa shape index (κ3) is 3.16. The molecule has 0 radical (unpaired) electrons. The highest BCUT2D eigenvalue weighted by molar-refractivity contribution is 5.92. The van der Waals surface area contributed by atoms with Crippen LogP contribution in [0.15, 0.2) is 0 Å². The van der Waals surface area contributed by atoms with E-state index >= 15 is 0 Å². The zero-order valence-corrected chi connectivity index (χ0v) is 8.44. The van der Waals surface area contributed by atoms with Gasteiger partial charge in [0.25, 0.3) is 0 Å². The van der Waals surface area contributed by atoms with Crippen LogP contribution in [0.2, 0.25) is 0 Å². The predicted octanol–water partition coefficient (Wildman–Crippen LogP) is -1.33. The molecule has 4 N–H and O–H groups in total. The predicted molar refractivity (Wildman–Crippen MR) is 49.7 cm³/mol. The molecule has 1 heterocycles. The molecule has 0 amide bonds. The van der Waals surface area contributed by atoms with Gasteiger partial charge in [-0.05, 0) is 6.42 Å². The Kier molecular flexibility index (Phi) is 4.22. The van der Waals surface area contributed by atoms with Crippen molar-refractivity contribution in [3.05, 3.63) is 0 Å². The Balaban J connectivity index is 2.53. The minimum absolute atomic E-state index is 0.0399. The molecule has 7 heteroatoms. The maximum Gasteiger partial charge on any atom is 0.317 e. The maximum atomic E-state index is 10.6. The van der Waals surface area contributed by atoms with Crippen molar-refractivity contribution in [1.29, 1.82) is 0 Å². The van der Waals surface area contributed by atoms with Crippen LogP contribution in [0.25, 0.3) is 0 Å². The van der Waals surface area contributed by atoms with E-state index in [1.165, 1.54) is 0 Å². The van der Waals surface area contributed by atoms with Crippen molar-refractivity contribution in [2.24, 2.45) is 5.92 Å². The van der Waals surface area contributed by atoms with Crippen molar-refractivity contribution in [1.82, 2.24) is 0 Å². The standard InChI is InChI=1S/C9H14O7/c10-6-2-4(16-3-7(6)11)1-5(8(12)13)9(14)15/h4-7,10-11H,1-3H2,(H,12,13)(H,14,15). The van der Waals surface area contributed by atoms with E-state index in [0.717, 1.165) is 0 Å². The molecule has 92 valence electrons. The lowest BCUT2D eigenvalue weighted by molar-refractivity contribution is -0.161. The first-order valence-corrected chi connectivity index (χ1v) is 4.85. The summed E-state index contributed by atoms with van der Waals surface area (Å²) in [7, 11) is 0. The van der Waals surface area contributed by atoms with Gasteiger partial charge in [0.1, 0.15) is 6.10 Å². The lowest BCUT2D eigenvalue weighted by Crippen LogP contribution is -2.43. The third-order valence-corrected chi connectivity index (χ3v) is 2.55. The summed E-state index contributed by atoms with van der Waals surface area (Å²) in [5.41, 5.74) is 0. The summed E-state index contributed by atoms with van der Waals surface area (Å²) in [5.74, 6) is -4.42. The molecule has 3 unspecified atom stereocenters. The minimum Gasteiger partial charge on any atom is -0.481 e. The van der Waals surface area contributed by atoms with Crippen LogP contribution < -0.4 is 0 Å². The van der Waals surface area contributed by atoms with Crippen molar-refractivity contribution >= 4 is 11.9 Å². The largest absolute Gasteiger partial charge is 0.481 e. The first-order valence-electron chi connectivity index (χ1n) is 4.85. The molecule has 0 aromatic heterocycles. The molecular formula is C9H14O7. The Bertz CT molecular complexity index is 263. The van der Waals surface area contributed by atoms with Gasteiger partial charge in [0.15, 0.2) is 5.92 Å². The number of aliphatic hydroxyl groups is 2. The number of carbonyl (C=O) groups is 2. The van der Waals surface area contributed by atoms with Crippen molar-refractivity contribution in [3.63, 3.8) is 0 Å². The molecule has 0 aliphatic carbocycles. The zero-order chi connectivity index (χ0) is 12.3. The van der Waals surface area contributed by atoms with E-state index in [9.17, 15) is 14.7 Å². The fourth-order valence-electron chi connectivity index (χ4n) is 1.57. The Hall–Kier alpha value is -1.18. The summed E-state index contributed by atoms with van der Waals surface area (Å²) < 4.78 is 5.05. The van der Waals surface area contributed by atoms with Gasteiger partial charge in [-0.25, -0.2) is 0 Å². The number of aliphatic carboxylic acids is 2. The van der Waals surface area contributed by atoms with Gasteiger partial charge in [0, 0.05) is 6.42 Å². The van der Waals surface area contributed by atoms with Crippen LogP contribution >= 0.6 is 0 Å². The second-order valence-electron chi connectivity index (χ2n) is 3.79. The number of hydrogen-bond acceptors (Lipinski definition) is 5. The Morgan fingerprint density at radius 2 is 1.75 bits per heavy atom. The highest BCUT2D eigenvalue weighted by atomic mass is 16.5. The van der Waals surface area contributed by atoms with E-state index in [4.69, 9.17) is 20.1 Å². The lowest BCUT2D eigenvalue weighted by Gasteiger charge is -2.31. The summed E-state index contributed by atoms with van der Waals surface area (Å²) in [5, 5.41) is 35.7. The summed E-state index contributed by atoms with van der Waals surface area (Å²) in [6, 6.07) is 0. The van der Waals surface area contributed by atoms with Crippen LogP contribution in [0.3, 0.4) is 0 Å². The average Bonchev–Trinajstić information content (AvgIpc) is 2.18. The van der Waals surface area contributed by atoms with E-state index < -0.39 is 36.2 Å². The molecule has 16 heavy (non-hydrogen) atoms. The van der Waals surface area contributed by atoms with Gasteiger partial charge >= 0.3 is 11.9 Å². The normalized spacial score (nSPS) is 30.3. The molecule has 0 saturated carbocycles. The molecule has 1 aliphatic heterocycles. The molecule has 1 rings (SSSR count). The van der Waals surface area contributed by atoms with Crippen LogP contribution in [-0.4, -0.2) is 57.3 Å². The molecule has 1 fully saturated rings. The van der Waals surface area contributed by atoms with Gasteiger partial charge in [-0.3, -0.25) is 9.59 Å². The molecule has 1 saturated heterocycles. The molecular weight excluding hydrogens is 220 g/mol. The van der Waals surface area contributed by atoms with Crippen molar-refractivity contribution in [2.75, 3.05) is 6.61 Å². The van der Waals surface area contributed by atoms with Crippen molar-refractivity contribution < 1.29 is 34.8 Å². The SMILES string of the molecule is O=C(O)C(CC1CC(O)C(O)CO1)C(=O)O. The second kappa shape index (κ2) is 5.24. The van der Waals surface area contributed by atoms with Gasteiger partial charge in [-0.1, -0.05) is 0 Å². The fourth-order valence-corrected chi connectivity index (χ4v) is 1.57. The molecule has 0 aromatic rings. The molecule has 7 nitrogen and oxygen atoms in total. The minimum atomic E-state index is -1.55. The summed E-state index contributed by atoms with van der Waals surface area (Å²) in [6.07, 6.45) is -2.82. The summed E-state index contributed by atoms with van der Waals surface area (Å²) in [6.45, 7) is -0.113. The summed E-state index contributed by atoms with van der Waals surface area (Å²) >= 11 is 0. The molecule has 3 atom stereocenters. The number of carboxylic acid groups (broad SMARTS) is 2. The van der Waals surface area contributed by atoms with Crippen LogP contribution in [-0.2, 0) is 14.3 Å². The van der Waals surface area contributed by atoms with E-state index in [2.05, 4.69) is 0 Å². The van der Waals surface area contributed by atoms with Gasteiger partial charge in [0.05, 0.1) is 18.8 Å². The fraction of sp³-hybridized carbons (Fsp3) is 0.778. The van der Waals surface area contributed by atoms with Crippen LogP contribution in [0, 0.1) is 5.92 Å². The van der Waals surface area contributed by atoms with E-state index in [1.54, 1.807) is 0 Å². The van der Waals surface area contributed by atoms with Crippen LogP contribution in [0.1, 0.15) is 12.8 Å². The molecule has 0 bridgehead atoms. The third-order valence-electron chi connectivity index (χ3n) is 2.55. The molecule has 1 aliphatic rings. The van der Waals surface area contributed by atoms with Crippen molar-refractivity contribution in [2.45, 2.75) is 31.2 Å². The highest BCUT2D eigenvalue weighted by Gasteiger charge is 2.34. The monoisotopic (exact) mass is 234 g/mol. The van der Waals surface area contributed by atoms with Crippen molar-refractivity contribution in [3.8, 4) is 0 Å². The van der Waals surface area contributed by atoms with Gasteiger partial charge in [-0.2, -0.15) is 0 Å². The Morgan fingerprint density at radius 3 is 2.19 bits per heavy atom. The quantitative estimate of drug-likeness (QED) is 0.444. The number of hydrogen-bond donors (Lipinski definition) is 4. The smallest absolute Gasteiger partial charge is 0.317 e. The average molecular weight is 234 g/mol. The lowest BCUT2D eigenvalue weighted by atomic mass is 9.94. The number of ether oxygens (including phenoxy) is 1. The first kappa shape index (κ1) is 12.9. The van der Waals surface area contributed by atoms with Crippen LogP contribution in [0.4, 0.5) is 0 Å². The van der Waals surface area contributed by atoms with Gasteiger partial charge in [0.2, 0.25) is 0 Å². The zero-order valence-electron chi connectivity index (χ0n) is 8.44. The Labute approximate surface area is 91.3 Å². The number of rotatable bonds is 4. The summed E-state index contributed by atoms with van der Waals surface area (Å²) in [4.78, 5) is 21.2. The molecule has 0 aromatic carbocycles.